The van der Waals surface area contributed by atoms with E-state index < -0.39 is 0 Å². The van der Waals surface area contributed by atoms with Crippen LogP contribution in [0.15, 0.2) is 41.8 Å². The smallest absolute Gasteiger partial charge is 0.179 e. The first-order valence-corrected chi connectivity index (χ1v) is 7.79. The summed E-state index contributed by atoms with van der Waals surface area (Å²) in [5.74, 6) is 0.193. The van der Waals surface area contributed by atoms with E-state index in [9.17, 15) is 4.79 Å². The molecule has 106 valence electrons. The molecule has 0 aliphatic carbocycles. The SMILES string of the molecule is Cc1ccc(C(=O)C(C)N(C)CCc2cccs2)cc1. The molecule has 1 heterocycles. The van der Waals surface area contributed by atoms with Crippen molar-refractivity contribution in [1.29, 1.82) is 0 Å². The minimum Gasteiger partial charge on any atom is -0.296 e. The second-order valence-corrected chi connectivity index (χ2v) is 6.25. The van der Waals surface area contributed by atoms with Gasteiger partial charge in [0, 0.05) is 17.0 Å². The summed E-state index contributed by atoms with van der Waals surface area (Å²) in [6.07, 6.45) is 1.000. The van der Waals surface area contributed by atoms with E-state index in [-0.39, 0.29) is 11.8 Å². The molecule has 0 fully saturated rings. The minimum atomic E-state index is -0.0855. The molecule has 1 aromatic heterocycles. The maximum absolute atomic E-state index is 12.4. The number of Topliss-reactive ketones (excluding diaryl/α,β-unsaturated/α-hetero) is 1. The average molecular weight is 287 g/mol. The van der Waals surface area contributed by atoms with Crippen LogP contribution in [0.2, 0.25) is 0 Å². The second kappa shape index (κ2) is 6.82. The van der Waals surface area contributed by atoms with Crippen molar-refractivity contribution in [2.24, 2.45) is 0 Å². The first-order chi connectivity index (χ1) is 9.58. The van der Waals surface area contributed by atoms with Crippen LogP contribution in [0.5, 0.6) is 0 Å². The zero-order valence-corrected chi connectivity index (χ0v) is 13.1. The third-order valence-corrected chi connectivity index (χ3v) is 4.60. The molecule has 0 spiro atoms. The van der Waals surface area contributed by atoms with Crippen molar-refractivity contribution in [3.8, 4) is 0 Å². The molecule has 0 radical (unpaired) electrons. The van der Waals surface area contributed by atoms with Crippen molar-refractivity contribution < 1.29 is 4.79 Å². The highest BCUT2D eigenvalue weighted by atomic mass is 32.1. The summed E-state index contributed by atoms with van der Waals surface area (Å²) >= 11 is 1.77. The lowest BCUT2D eigenvalue weighted by Crippen LogP contribution is -2.37. The number of rotatable bonds is 6. The molecule has 20 heavy (non-hydrogen) atoms. The zero-order chi connectivity index (χ0) is 14.5. The van der Waals surface area contributed by atoms with Crippen molar-refractivity contribution in [3.63, 3.8) is 0 Å². The van der Waals surface area contributed by atoms with E-state index in [1.54, 1.807) is 11.3 Å². The third-order valence-electron chi connectivity index (χ3n) is 3.67. The molecule has 0 amide bonds. The van der Waals surface area contributed by atoms with Crippen LogP contribution in [0.4, 0.5) is 0 Å². The average Bonchev–Trinajstić information content (AvgIpc) is 2.97. The standard InChI is InChI=1S/C17H21NOS/c1-13-6-8-15(9-7-13)17(19)14(2)18(3)11-10-16-5-4-12-20-16/h4-9,12,14H,10-11H2,1-3H3. The van der Waals surface area contributed by atoms with Gasteiger partial charge in [-0.3, -0.25) is 9.69 Å². The van der Waals surface area contributed by atoms with Crippen molar-refractivity contribution in [2.45, 2.75) is 26.3 Å². The van der Waals surface area contributed by atoms with Crippen LogP contribution < -0.4 is 0 Å². The molecule has 0 bridgehead atoms. The Morgan fingerprint density at radius 2 is 1.95 bits per heavy atom. The van der Waals surface area contributed by atoms with Crippen molar-refractivity contribution >= 4 is 17.1 Å². The Morgan fingerprint density at radius 3 is 2.55 bits per heavy atom. The molecule has 0 N–H and O–H groups in total. The third kappa shape index (κ3) is 3.78. The highest BCUT2D eigenvalue weighted by molar-refractivity contribution is 7.09. The number of likely N-dealkylation sites (N-methyl/N-ethyl adjacent to an activating group) is 1. The summed E-state index contributed by atoms with van der Waals surface area (Å²) < 4.78 is 0. The molecule has 1 aromatic carbocycles. The lowest BCUT2D eigenvalue weighted by atomic mass is 10.0. The Kier molecular flexibility index (Phi) is 5.10. The normalized spacial score (nSPS) is 12.6. The fraction of sp³-hybridized carbons (Fsp3) is 0.353. The summed E-state index contributed by atoms with van der Waals surface area (Å²) in [6, 6.07) is 11.9. The Morgan fingerprint density at radius 1 is 1.25 bits per heavy atom. The van der Waals surface area contributed by atoms with Gasteiger partial charge in [-0.2, -0.15) is 0 Å². The van der Waals surface area contributed by atoms with Gasteiger partial charge in [-0.25, -0.2) is 0 Å². The largest absolute Gasteiger partial charge is 0.296 e. The number of hydrogen-bond acceptors (Lipinski definition) is 3. The second-order valence-electron chi connectivity index (χ2n) is 5.22. The van der Waals surface area contributed by atoms with Crippen molar-refractivity contribution in [2.75, 3.05) is 13.6 Å². The van der Waals surface area contributed by atoms with Gasteiger partial charge in [0.2, 0.25) is 0 Å². The number of nitrogens with zero attached hydrogens (tertiary/aromatic N) is 1. The van der Waals surface area contributed by atoms with Gasteiger partial charge in [0.25, 0.3) is 0 Å². The van der Waals surface area contributed by atoms with Crippen LogP contribution in [-0.2, 0) is 6.42 Å². The number of ketones is 1. The van der Waals surface area contributed by atoms with Gasteiger partial charge in [-0.15, -0.1) is 11.3 Å². The van der Waals surface area contributed by atoms with E-state index in [1.807, 2.05) is 45.2 Å². The van der Waals surface area contributed by atoms with E-state index in [0.717, 1.165) is 18.5 Å². The van der Waals surface area contributed by atoms with E-state index in [0.29, 0.717) is 0 Å². The van der Waals surface area contributed by atoms with Gasteiger partial charge in [-0.1, -0.05) is 35.9 Å². The van der Waals surface area contributed by atoms with E-state index in [1.165, 1.54) is 10.4 Å². The summed E-state index contributed by atoms with van der Waals surface area (Å²) in [5.41, 5.74) is 1.98. The van der Waals surface area contributed by atoms with Gasteiger partial charge < -0.3 is 0 Å². The van der Waals surface area contributed by atoms with Crippen LogP contribution in [-0.4, -0.2) is 30.3 Å². The fourth-order valence-electron chi connectivity index (χ4n) is 2.09. The van der Waals surface area contributed by atoms with Crippen LogP contribution in [0.25, 0.3) is 0 Å². The Balaban J connectivity index is 1.93. The molecule has 0 saturated heterocycles. The van der Waals surface area contributed by atoms with Crippen molar-refractivity contribution in [1.82, 2.24) is 4.90 Å². The molecule has 3 heteroatoms. The topological polar surface area (TPSA) is 20.3 Å². The summed E-state index contributed by atoms with van der Waals surface area (Å²) in [5, 5.41) is 2.09. The van der Waals surface area contributed by atoms with Crippen LogP contribution in [0, 0.1) is 6.92 Å². The van der Waals surface area contributed by atoms with E-state index in [2.05, 4.69) is 22.4 Å². The summed E-state index contributed by atoms with van der Waals surface area (Å²) in [7, 11) is 2.02. The van der Waals surface area contributed by atoms with Crippen LogP contribution >= 0.6 is 11.3 Å². The predicted molar refractivity (Wildman–Crippen MR) is 85.6 cm³/mol. The lowest BCUT2D eigenvalue weighted by Gasteiger charge is -2.23. The molecule has 2 rings (SSSR count). The molecular formula is C17H21NOS. The number of carbonyl (C=O) groups is 1. The highest BCUT2D eigenvalue weighted by Gasteiger charge is 2.19. The van der Waals surface area contributed by atoms with Crippen LogP contribution in [0.1, 0.15) is 27.7 Å². The van der Waals surface area contributed by atoms with Gasteiger partial charge in [-0.05, 0) is 38.8 Å². The lowest BCUT2D eigenvalue weighted by molar-refractivity contribution is 0.0870. The maximum Gasteiger partial charge on any atom is 0.179 e. The highest BCUT2D eigenvalue weighted by Crippen LogP contribution is 2.13. The summed E-state index contributed by atoms with van der Waals surface area (Å²) in [4.78, 5) is 15.9. The van der Waals surface area contributed by atoms with Crippen molar-refractivity contribution in [3.05, 3.63) is 57.8 Å². The number of aryl methyl sites for hydroxylation is 1. The molecule has 1 unspecified atom stereocenters. The first kappa shape index (κ1) is 14.9. The number of hydrogen-bond donors (Lipinski definition) is 0. The monoisotopic (exact) mass is 287 g/mol. The molecule has 1 atom stereocenters. The van der Waals surface area contributed by atoms with E-state index in [4.69, 9.17) is 0 Å². The number of benzene rings is 1. The fourth-order valence-corrected chi connectivity index (χ4v) is 2.79. The quantitative estimate of drug-likeness (QED) is 0.753. The Hall–Kier alpha value is -1.45. The van der Waals surface area contributed by atoms with Gasteiger partial charge in [0.05, 0.1) is 6.04 Å². The van der Waals surface area contributed by atoms with Gasteiger partial charge >= 0.3 is 0 Å². The van der Waals surface area contributed by atoms with Gasteiger partial charge in [0.1, 0.15) is 0 Å². The van der Waals surface area contributed by atoms with E-state index >= 15 is 0 Å². The molecule has 2 nitrogen and oxygen atoms in total. The number of thiophene rings is 1. The molecule has 0 saturated carbocycles. The number of carbonyl (C=O) groups excluding carboxylic acids is 1. The maximum atomic E-state index is 12.4. The Bertz CT molecular complexity index is 545. The zero-order valence-electron chi connectivity index (χ0n) is 12.3. The molecular weight excluding hydrogens is 266 g/mol. The minimum absolute atomic E-state index is 0.0855. The summed E-state index contributed by atoms with van der Waals surface area (Å²) in [6.45, 7) is 4.92. The molecule has 0 aliphatic rings. The Labute approximate surface area is 125 Å². The molecule has 2 aromatic rings. The predicted octanol–water partition coefficient (Wildman–Crippen LogP) is 3.80. The van der Waals surface area contributed by atoms with Gasteiger partial charge in [0.15, 0.2) is 5.78 Å². The molecule has 0 aliphatic heterocycles. The van der Waals surface area contributed by atoms with Crippen LogP contribution in [0.3, 0.4) is 0 Å². The first-order valence-electron chi connectivity index (χ1n) is 6.91.